The van der Waals surface area contributed by atoms with Crippen molar-refractivity contribution in [2.45, 2.75) is 51.5 Å². The van der Waals surface area contributed by atoms with Crippen molar-refractivity contribution < 1.29 is 4.74 Å². The second-order valence-corrected chi connectivity index (χ2v) is 5.40. The SMILES string of the molecule is CCC(CC)(CC)n1c(CCl)nc2ccc(OC)cc21. The van der Waals surface area contributed by atoms with Gasteiger partial charge in [-0.1, -0.05) is 20.8 Å². The van der Waals surface area contributed by atoms with Crippen LogP contribution in [0.1, 0.15) is 45.9 Å². The Morgan fingerprint density at radius 3 is 2.35 bits per heavy atom. The molecule has 3 nitrogen and oxygen atoms in total. The highest BCUT2D eigenvalue weighted by Gasteiger charge is 2.30. The number of methoxy groups -OCH3 is 1. The molecule has 0 fully saturated rings. The quantitative estimate of drug-likeness (QED) is 0.722. The molecule has 0 radical (unpaired) electrons. The van der Waals surface area contributed by atoms with Crippen LogP contribution in [0.2, 0.25) is 0 Å². The fraction of sp³-hybridized carbons (Fsp3) is 0.562. The van der Waals surface area contributed by atoms with Crippen molar-refractivity contribution in [2.24, 2.45) is 0 Å². The summed E-state index contributed by atoms with van der Waals surface area (Å²) in [6.45, 7) is 6.70. The Balaban J connectivity index is 2.76. The summed E-state index contributed by atoms with van der Waals surface area (Å²) in [4.78, 5) is 4.69. The van der Waals surface area contributed by atoms with Crippen LogP contribution in [0.5, 0.6) is 5.75 Å². The first kappa shape index (κ1) is 15.2. The van der Waals surface area contributed by atoms with Gasteiger partial charge < -0.3 is 9.30 Å². The number of aromatic nitrogens is 2. The van der Waals surface area contributed by atoms with Crippen molar-refractivity contribution in [1.29, 1.82) is 0 Å². The molecule has 1 aromatic heterocycles. The maximum absolute atomic E-state index is 6.14. The summed E-state index contributed by atoms with van der Waals surface area (Å²) in [7, 11) is 1.69. The van der Waals surface area contributed by atoms with Gasteiger partial charge >= 0.3 is 0 Å². The first-order chi connectivity index (χ1) is 9.65. The smallest absolute Gasteiger partial charge is 0.125 e. The third kappa shape index (κ3) is 2.28. The van der Waals surface area contributed by atoms with E-state index in [4.69, 9.17) is 21.3 Å². The predicted molar refractivity (Wildman–Crippen MR) is 84.7 cm³/mol. The van der Waals surface area contributed by atoms with E-state index in [9.17, 15) is 0 Å². The summed E-state index contributed by atoms with van der Waals surface area (Å²) in [5.41, 5.74) is 2.18. The van der Waals surface area contributed by atoms with Crippen LogP contribution in [0.3, 0.4) is 0 Å². The molecule has 110 valence electrons. The molecule has 0 N–H and O–H groups in total. The van der Waals surface area contributed by atoms with E-state index in [2.05, 4.69) is 31.4 Å². The molecule has 0 amide bonds. The van der Waals surface area contributed by atoms with Gasteiger partial charge in [-0.3, -0.25) is 0 Å². The van der Waals surface area contributed by atoms with E-state index in [-0.39, 0.29) is 5.54 Å². The molecular formula is C16H23ClN2O. The molecule has 0 spiro atoms. The van der Waals surface area contributed by atoms with Crippen molar-refractivity contribution in [3.8, 4) is 5.75 Å². The lowest BCUT2D eigenvalue weighted by molar-refractivity contribution is 0.252. The molecule has 0 bridgehead atoms. The van der Waals surface area contributed by atoms with E-state index in [1.807, 2.05) is 12.1 Å². The number of alkyl halides is 1. The predicted octanol–water partition coefficient (Wildman–Crippen LogP) is 4.71. The molecule has 2 aromatic rings. The average molecular weight is 295 g/mol. The molecule has 0 atom stereocenters. The van der Waals surface area contributed by atoms with Gasteiger partial charge in [-0.2, -0.15) is 0 Å². The Kier molecular flexibility index (Phi) is 4.59. The number of imidazole rings is 1. The van der Waals surface area contributed by atoms with E-state index in [0.29, 0.717) is 5.88 Å². The standard InChI is InChI=1S/C16H23ClN2O/c1-5-16(6-2,7-3)19-14-10-12(20-4)8-9-13(14)18-15(19)11-17/h8-10H,5-7,11H2,1-4H3. The number of hydrogen-bond acceptors (Lipinski definition) is 2. The summed E-state index contributed by atoms with van der Waals surface area (Å²) >= 11 is 6.14. The monoisotopic (exact) mass is 294 g/mol. The van der Waals surface area contributed by atoms with E-state index in [1.165, 1.54) is 0 Å². The zero-order valence-corrected chi connectivity index (χ0v) is 13.5. The zero-order chi connectivity index (χ0) is 14.8. The Hall–Kier alpha value is -1.22. The van der Waals surface area contributed by atoms with Gasteiger partial charge in [0.05, 0.1) is 24.0 Å². The van der Waals surface area contributed by atoms with Crippen molar-refractivity contribution in [2.75, 3.05) is 7.11 Å². The average Bonchev–Trinajstić information content (AvgIpc) is 2.88. The zero-order valence-electron chi connectivity index (χ0n) is 12.7. The van der Waals surface area contributed by atoms with E-state index < -0.39 is 0 Å². The molecule has 4 heteroatoms. The third-order valence-corrected chi connectivity index (χ3v) is 4.74. The van der Waals surface area contributed by atoms with Gasteiger partial charge in [0.15, 0.2) is 0 Å². The number of nitrogens with zero attached hydrogens (tertiary/aromatic N) is 2. The first-order valence-electron chi connectivity index (χ1n) is 7.27. The maximum Gasteiger partial charge on any atom is 0.125 e. The van der Waals surface area contributed by atoms with Crippen LogP contribution in [-0.2, 0) is 11.4 Å². The van der Waals surface area contributed by atoms with Gasteiger partial charge in [0.25, 0.3) is 0 Å². The summed E-state index contributed by atoms with van der Waals surface area (Å²) in [5.74, 6) is 2.23. The van der Waals surface area contributed by atoms with Crippen LogP contribution in [0.25, 0.3) is 11.0 Å². The molecule has 2 rings (SSSR count). The molecule has 20 heavy (non-hydrogen) atoms. The van der Waals surface area contributed by atoms with E-state index in [0.717, 1.165) is 41.9 Å². The number of benzene rings is 1. The number of fused-ring (bicyclic) bond motifs is 1. The molecule has 0 aliphatic carbocycles. The van der Waals surface area contributed by atoms with E-state index in [1.54, 1.807) is 7.11 Å². The van der Waals surface area contributed by atoms with Gasteiger partial charge in [-0.05, 0) is 31.4 Å². The normalized spacial score (nSPS) is 12.1. The lowest BCUT2D eigenvalue weighted by Gasteiger charge is -2.34. The fourth-order valence-electron chi connectivity index (χ4n) is 3.08. The molecular weight excluding hydrogens is 272 g/mol. The van der Waals surface area contributed by atoms with E-state index >= 15 is 0 Å². The summed E-state index contributed by atoms with van der Waals surface area (Å²) in [6.07, 6.45) is 3.19. The maximum atomic E-state index is 6.14. The minimum Gasteiger partial charge on any atom is -0.497 e. The van der Waals surface area contributed by atoms with Crippen LogP contribution in [0, 0.1) is 0 Å². The van der Waals surface area contributed by atoms with Crippen molar-refractivity contribution in [1.82, 2.24) is 9.55 Å². The second kappa shape index (κ2) is 6.04. The molecule has 0 saturated carbocycles. The highest BCUT2D eigenvalue weighted by atomic mass is 35.5. The highest BCUT2D eigenvalue weighted by molar-refractivity contribution is 6.16. The van der Waals surface area contributed by atoms with Gasteiger partial charge in [0, 0.05) is 11.6 Å². The van der Waals surface area contributed by atoms with Crippen molar-refractivity contribution in [3.05, 3.63) is 24.0 Å². The molecule has 0 unspecified atom stereocenters. The van der Waals surface area contributed by atoms with Crippen LogP contribution in [0.4, 0.5) is 0 Å². The summed E-state index contributed by atoms with van der Waals surface area (Å²) in [5, 5.41) is 0. The summed E-state index contributed by atoms with van der Waals surface area (Å²) in [6, 6.07) is 6.02. The van der Waals surface area contributed by atoms with Crippen LogP contribution >= 0.6 is 11.6 Å². The van der Waals surface area contributed by atoms with Gasteiger partial charge in [0.1, 0.15) is 11.6 Å². The Morgan fingerprint density at radius 1 is 1.20 bits per heavy atom. The first-order valence-corrected chi connectivity index (χ1v) is 7.81. The third-order valence-electron chi connectivity index (χ3n) is 4.50. The van der Waals surface area contributed by atoms with Gasteiger partial charge in [-0.25, -0.2) is 4.98 Å². The molecule has 1 heterocycles. The lowest BCUT2D eigenvalue weighted by Crippen LogP contribution is -2.32. The molecule has 0 aliphatic heterocycles. The molecule has 0 aliphatic rings. The molecule has 1 aromatic carbocycles. The topological polar surface area (TPSA) is 27.1 Å². The number of halogens is 1. The second-order valence-electron chi connectivity index (χ2n) is 5.14. The van der Waals surface area contributed by atoms with Crippen LogP contribution < -0.4 is 4.74 Å². The fourth-order valence-corrected chi connectivity index (χ4v) is 3.25. The van der Waals surface area contributed by atoms with Crippen LogP contribution in [-0.4, -0.2) is 16.7 Å². The van der Waals surface area contributed by atoms with Crippen molar-refractivity contribution >= 4 is 22.6 Å². The summed E-state index contributed by atoms with van der Waals surface area (Å²) < 4.78 is 7.69. The lowest BCUT2D eigenvalue weighted by atomic mass is 9.89. The Bertz CT molecular complexity index is 579. The van der Waals surface area contributed by atoms with Gasteiger partial charge in [0.2, 0.25) is 0 Å². The minimum absolute atomic E-state index is 0.0747. The molecule has 0 saturated heterocycles. The van der Waals surface area contributed by atoms with Crippen LogP contribution in [0.15, 0.2) is 18.2 Å². The number of rotatable bonds is 6. The Morgan fingerprint density at radius 2 is 1.85 bits per heavy atom. The van der Waals surface area contributed by atoms with Gasteiger partial charge in [-0.15, -0.1) is 11.6 Å². The minimum atomic E-state index is 0.0747. The Labute approximate surface area is 125 Å². The highest BCUT2D eigenvalue weighted by Crippen LogP contribution is 2.35. The largest absolute Gasteiger partial charge is 0.497 e. The van der Waals surface area contributed by atoms with Crippen molar-refractivity contribution in [3.63, 3.8) is 0 Å². The number of ether oxygens (including phenoxy) is 1. The number of hydrogen-bond donors (Lipinski definition) is 0.